The molecule has 7 nitrogen and oxygen atoms in total. The van der Waals surface area contributed by atoms with Gasteiger partial charge in [0, 0.05) is 26.2 Å². The molecule has 8 heteroatoms. The maximum atomic E-state index is 13.2. The Hall–Kier alpha value is -2.64. The van der Waals surface area contributed by atoms with E-state index in [2.05, 4.69) is 24.8 Å². The smallest absolute Gasteiger partial charge is 0.222 e. The zero-order valence-corrected chi connectivity index (χ0v) is 13.0. The minimum Gasteiger partial charge on any atom is -0.382 e. The van der Waals surface area contributed by atoms with E-state index in [-0.39, 0.29) is 5.95 Å². The lowest BCUT2D eigenvalue weighted by molar-refractivity contribution is 0.366. The number of hydrogen-bond donors (Lipinski definition) is 2. The molecule has 2 aromatic heterocycles. The molecular weight excluding hydrogens is 297 g/mol. The van der Waals surface area contributed by atoms with Crippen LogP contribution >= 0.6 is 0 Å². The van der Waals surface area contributed by atoms with Gasteiger partial charge >= 0.3 is 0 Å². The Kier molecular flexibility index (Phi) is 4.14. The van der Waals surface area contributed by atoms with Gasteiger partial charge in [-0.25, -0.2) is 9.37 Å². The number of aromatic nitrogens is 3. The second-order valence-electron chi connectivity index (χ2n) is 5.53. The molecule has 1 unspecified atom stereocenters. The second-order valence-corrected chi connectivity index (χ2v) is 5.53. The topological polar surface area (TPSA) is 97.2 Å². The first-order chi connectivity index (χ1) is 11.0. The van der Waals surface area contributed by atoms with E-state index < -0.39 is 6.17 Å². The van der Waals surface area contributed by atoms with Gasteiger partial charge in [-0.3, -0.25) is 4.98 Å². The summed E-state index contributed by atoms with van der Waals surface area (Å²) < 4.78 is 13.2. The molecule has 1 aliphatic heterocycles. The molecular formula is C15H20FN7. The first-order valence-corrected chi connectivity index (χ1v) is 7.52. The molecule has 0 amide bonds. The van der Waals surface area contributed by atoms with Crippen molar-refractivity contribution in [2.24, 2.45) is 0 Å². The number of halogens is 1. The van der Waals surface area contributed by atoms with Crippen LogP contribution < -0.4 is 21.3 Å². The summed E-state index contributed by atoms with van der Waals surface area (Å²) in [5.74, 6) is 0.576. The monoisotopic (exact) mass is 317 g/mol. The van der Waals surface area contributed by atoms with Crippen LogP contribution in [0.1, 0.15) is 18.8 Å². The summed E-state index contributed by atoms with van der Waals surface area (Å²) >= 11 is 0. The number of nitrogens with two attached hydrogens (primary N) is 2. The maximum Gasteiger partial charge on any atom is 0.222 e. The average Bonchev–Trinajstić information content (AvgIpc) is 2.55. The van der Waals surface area contributed by atoms with E-state index in [9.17, 15) is 4.39 Å². The van der Waals surface area contributed by atoms with Gasteiger partial charge in [-0.2, -0.15) is 4.98 Å². The zero-order valence-electron chi connectivity index (χ0n) is 13.0. The Bertz CT molecular complexity index is 666. The molecule has 0 aromatic carbocycles. The van der Waals surface area contributed by atoms with Crippen molar-refractivity contribution in [3.8, 4) is 0 Å². The number of anilines is 4. The summed E-state index contributed by atoms with van der Waals surface area (Å²) in [5, 5.41) is 0. The van der Waals surface area contributed by atoms with Gasteiger partial charge in [-0.15, -0.1) is 0 Å². The quantitative estimate of drug-likeness (QED) is 0.883. The maximum absolute atomic E-state index is 13.2. The summed E-state index contributed by atoms with van der Waals surface area (Å²) in [6.07, 6.45) is 2.34. The van der Waals surface area contributed by atoms with Crippen LogP contribution in [0.5, 0.6) is 0 Å². The van der Waals surface area contributed by atoms with E-state index in [1.54, 1.807) is 18.5 Å². The highest BCUT2D eigenvalue weighted by Crippen LogP contribution is 2.24. The Balaban J connectivity index is 1.66. The largest absolute Gasteiger partial charge is 0.382 e. The molecule has 1 aliphatic rings. The molecule has 0 aliphatic carbocycles. The SMILES string of the molecule is CC(F)c1ccc(N2CCN(c3cnc(N)nc3N)CC2)cn1. The van der Waals surface area contributed by atoms with E-state index >= 15 is 0 Å². The molecule has 4 N–H and O–H groups in total. The van der Waals surface area contributed by atoms with E-state index in [1.165, 1.54) is 6.92 Å². The van der Waals surface area contributed by atoms with Gasteiger partial charge in [-0.1, -0.05) is 0 Å². The molecule has 23 heavy (non-hydrogen) atoms. The molecule has 0 spiro atoms. The molecule has 0 saturated carbocycles. The van der Waals surface area contributed by atoms with Crippen LogP contribution in [-0.2, 0) is 0 Å². The number of pyridine rings is 1. The Morgan fingerprint density at radius 3 is 2.30 bits per heavy atom. The van der Waals surface area contributed by atoms with Crippen molar-refractivity contribution in [3.05, 3.63) is 30.2 Å². The van der Waals surface area contributed by atoms with Crippen molar-refractivity contribution < 1.29 is 4.39 Å². The van der Waals surface area contributed by atoms with Crippen LogP contribution in [0.4, 0.5) is 27.5 Å². The highest BCUT2D eigenvalue weighted by Gasteiger charge is 2.20. The zero-order chi connectivity index (χ0) is 16.4. The van der Waals surface area contributed by atoms with Crippen LogP contribution in [-0.4, -0.2) is 41.1 Å². The molecule has 3 rings (SSSR count). The fourth-order valence-electron chi connectivity index (χ4n) is 2.67. The van der Waals surface area contributed by atoms with Crippen LogP contribution in [0.25, 0.3) is 0 Å². The van der Waals surface area contributed by atoms with Crippen molar-refractivity contribution in [2.75, 3.05) is 47.4 Å². The van der Waals surface area contributed by atoms with Crippen LogP contribution in [0, 0.1) is 0 Å². The van der Waals surface area contributed by atoms with Gasteiger partial charge in [0.25, 0.3) is 0 Å². The third kappa shape index (κ3) is 3.25. The standard InChI is InChI=1S/C15H20FN7/c1-10(16)12-3-2-11(8-19-12)22-4-6-23(7-5-22)13-9-20-15(18)21-14(13)17/h2-3,8-10H,4-7H2,1H3,(H4,17,18,20,21). The molecule has 122 valence electrons. The van der Waals surface area contributed by atoms with Crippen molar-refractivity contribution in [1.29, 1.82) is 0 Å². The third-order valence-electron chi connectivity index (χ3n) is 3.98. The average molecular weight is 317 g/mol. The van der Waals surface area contributed by atoms with Gasteiger partial charge in [0.15, 0.2) is 5.82 Å². The summed E-state index contributed by atoms with van der Waals surface area (Å²) in [5.41, 5.74) is 13.7. The van der Waals surface area contributed by atoms with E-state index in [0.29, 0.717) is 11.5 Å². The summed E-state index contributed by atoms with van der Waals surface area (Å²) in [6, 6.07) is 3.65. The normalized spacial score (nSPS) is 16.4. The predicted molar refractivity (Wildman–Crippen MR) is 89.0 cm³/mol. The fourth-order valence-corrected chi connectivity index (χ4v) is 2.67. The Morgan fingerprint density at radius 1 is 1.04 bits per heavy atom. The number of nitrogens with zero attached hydrogens (tertiary/aromatic N) is 5. The van der Waals surface area contributed by atoms with Gasteiger partial charge in [0.05, 0.1) is 29.5 Å². The fraction of sp³-hybridized carbons (Fsp3) is 0.400. The number of rotatable bonds is 3. The predicted octanol–water partition coefficient (Wildman–Crippen LogP) is 1.39. The van der Waals surface area contributed by atoms with Gasteiger partial charge in [0.1, 0.15) is 6.17 Å². The number of alkyl halides is 1. The molecule has 2 aromatic rings. The van der Waals surface area contributed by atoms with Crippen molar-refractivity contribution in [3.63, 3.8) is 0 Å². The second kappa shape index (κ2) is 6.23. The lowest BCUT2D eigenvalue weighted by atomic mass is 10.2. The van der Waals surface area contributed by atoms with E-state index in [4.69, 9.17) is 11.5 Å². The summed E-state index contributed by atoms with van der Waals surface area (Å²) in [6.45, 7) is 4.70. The Morgan fingerprint density at radius 2 is 1.74 bits per heavy atom. The first-order valence-electron chi connectivity index (χ1n) is 7.52. The highest BCUT2D eigenvalue weighted by atomic mass is 19.1. The van der Waals surface area contributed by atoms with E-state index in [1.807, 2.05) is 6.07 Å². The number of piperazine rings is 1. The highest BCUT2D eigenvalue weighted by molar-refractivity contribution is 5.64. The van der Waals surface area contributed by atoms with E-state index in [0.717, 1.165) is 37.6 Å². The molecule has 3 heterocycles. The molecule has 1 atom stereocenters. The Labute approximate surface area is 134 Å². The molecule has 1 saturated heterocycles. The minimum atomic E-state index is -1.05. The lowest BCUT2D eigenvalue weighted by Crippen LogP contribution is -2.46. The van der Waals surface area contributed by atoms with Crippen LogP contribution in [0.3, 0.4) is 0 Å². The van der Waals surface area contributed by atoms with Crippen molar-refractivity contribution in [1.82, 2.24) is 15.0 Å². The van der Waals surface area contributed by atoms with Crippen molar-refractivity contribution >= 4 is 23.1 Å². The molecule has 1 fully saturated rings. The third-order valence-corrected chi connectivity index (χ3v) is 3.98. The van der Waals surface area contributed by atoms with Gasteiger partial charge in [0.2, 0.25) is 5.95 Å². The van der Waals surface area contributed by atoms with Gasteiger partial charge in [-0.05, 0) is 19.1 Å². The van der Waals surface area contributed by atoms with Gasteiger partial charge < -0.3 is 21.3 Å². The summed E-state index contributed by atoms with van der Waals surface area (Å²) in [4.78, 5) is 16.5. The first kappa shape index (κ1) is 15.3. The number of hydrogen-bond acceptors (Lipinski definition) is 7. The van der Waals surface area contributed by atoms with Crippen LogP contribution in [0.15, 0.2) is 24.5 Å². The number of nitrogen functional groups attached to an aromatic ring is 2. The van der Waals surface area contributed by atoms with Crippen LogP contribution in [0.2, 0.25) is 0 Å². The summed E-state index contributed by atoms with van der Waals surface area (Å²) in [7, 11) is 0. The lowest BCUT2D eigenvalue weighted by Gasteiger charge is -2.37. The van der Waals surface area contributed by atoms with Crippen molar-refractivity contribution in [2.45, 2.75) is 13.1 Å². The molecule has 0 bridgehead atoms. The molecule has 0 radical (unpaired) electrons. The minimum absolute atomic E-state index is 0.179.